The van der Waals surface area contributed by atoms with Gasteiger partial charge < -0.3 is 5.11 Å². The molecular weight excluding hydrogens is 90.1 g/mol. The molecule has 0 saturated carbocycles. The van der Waals surface area contributed by atoms with Crippen molar-refractivity contribution in [3.05, 3.63) is 0 Å². The van der Waals surface area contributed by atoms with Gasteiger partial charge in [-0.25, -0.2) is 0 Å². The van der Waals surface area contributed by atoms with Gasteiger partial charge in [0, 0.05) is 12.1 Å². The van der Waals surface area contributed by atoms with Crippen LogP contribution in [0.5, 0.6) is 0 Å². The predicted octanol–water partition coefficient (Wildman–Crippen LogP) is 0.430. The Morgan fingerprint density at radius 3 is 2.00 bits per heavy atom. The number of hydrogen-bond donors (Lipinski definition) is 1. The smallest absolute Gasteiger partial charge is 0.0448 e. The summed E-state index contributed by atoms with van der Waals surface area (Å²) in [6, 6.07) is 0. The van der Waals surface area contributed by atoms with E-state index in [1.807, 2.05) is 0 Å². The average Bonchev–Trinajstić information content (AvgIpc) is 1.30. The second-order valence-corrected chi connectivity index (χ2v) is 2.36. The molecule has 43 valence electrons. The monoisotopic (exact) mass is 102 g/mol. The summed E-state index contributed by atoms with van der Waals surface area (Å²) < 4.78 is 0. The van der Waals surface area contributed by atoms with E-state index in [-0.39, 0.29) is 6.61 Å². The van der Waals surface area contributed by atoms with Gasteiger partial charge in [-0.3, -0.25) is 5.73 Å². The molecule has 7 heavy (non-hydrogen) atoms. The third kappa shape index (κ3) is 5.92. The van der Waals surface area contributed by atoms with Crippen molar-refractivity contribution in [1.82, 2.24) is 5.73 Å². The van der Waals surface area contributed by atoms with E-state index in [0.29, 0.717) is 6.42 Å². The Kier molecular flexibility index (Phi) is 2.26. The van der Waals surface area contributed by atoms with E-state index in [1.165, 1.54) is 0 Å². The van der Waals surface area contributed by atoms with Crippen LogP contribution in [0, 0.1) is 0 Å². The number of nitrogens with one attached hydrogen (secondary N) is 1. The number of aliphatic hydroxyl groups excluding tert-OH is 1. The van der Waals surface area contributed by atoms with Crippen molar-refractivity contribution in [3.63, 3.8) is 0 Å². The molecule has 0 aromatic rings. The summed E-state index contributed by atoms with van der Waals surface area (Å²) >= 11 is 0. The van der Waals surface area contributed by atoms with E-state index in [9.17, 15) is 0 Å². The van der Waals surface area contributed by atoms with Gasteiger partial charge in [0.15, 0.2) is 0 Å². The van der Waals surface area contributed by atoms with Gasteiger partial charge in [0.1, 0.15) is 0 Å². The zero-order valence-corrected chi connectivity index (χ0v) is 4.86. The fraction of sp³-hybridized carbons (Fsp3) is 1.00. The van der Waals surface area contributed by atoms with Gasteiger partial charge in [-0.2, -0.15) is 0 Å². The molecule has 2 N–H and O–H groups in total. The standard InChI is InChI=1S/C5H12NO/c1-5(2,6)3-4-7/h6-7H,3-4H2,1-2H3. The van der Waals surface area contributed by atoms with Crippen LogP contribution in [0.4, 0.5) is 0 Å². The fourth-order valence-electron chi connectivity index (χ4n) is 0.280. The second-order valence-electron chi connectivity index (χ2n) is 2.36. The van der Waals surface area contributed by atoms with Crippen molar-refractivity contribution >= 4 is 0 Å². The van der Waals surface area contributed by atoms with E-state index in [4.69, 9.17) is 10.8 Å². The van der Waals surface area contributed by atoms with Gasteiger partial charge in [0.25, 0.3) is 0 Å². The van der Waals surface area contributed by atoms with Crippen LogP contribution >= 0.6 is 0 Å². The lowest BCUT2D eigenvalue weighted by Crippen LogP contribution is -2.22. The maximum Gasteiger partial charge on any atom is 0.0448 e. The van der Waals surface area contributed by atoms with Crippen molar-refractivity contribution in [2.24, 2.45) is 0 Å². The van der Waals surface area contributed by atoms with Crippen LogP contribution in [0.2, 0.25) is 0 Å². The molecule has 0 aliphatic carbocycles. The molecule has 0 unspecified atom stereocenters. The molecule has 0 atom stereocenters. The van der Waals surface area contributed by atoms with Crippen LogP contribution in [0.3, 0.4) is 0 Å². The van der Waals surface area contributed by atoms with Crippen LogP contribution in [0.15, 0.2) is 0 Å². The molecule has 0 aromatic heterocycles. The Balaban J connectivity index is 3.15. The fourth-order valence-corrected chi connectivity index (χ4v) is 0.280. The van der Waals surface area contributed by atoms with Gasteiger partial charge >= 0.3 is 0 Å². The first-order valence-electron chi connectivity index (χ1n) is 2.42. The third-order valence-electron chi connectivity index (χ3n) is 0.737. The average molecular weight is 102 g/mol. The Morgan fingerprint density at radius 2 is 2.00 bits per heavy atom. The van der Waals surface area contributed by atoms with Gasteiger partial charge in [0.2, 0.25) is 0 Å². The minimum absolute atomic E-state index is 0.122. The molecule has 2 nitrogen and oxygen atoms in total. The molecular formula is C5H12NO. The molecule has 0 amide bonds. The van der Waals surface area contributed by atoms with Crippen molar-refractivity contribution < 1.29 is 5.11 Å². The quantitative estimate of drug-likeness (QED) is 0.540. The summed E-state index contributed by atoms with van der Waals surface area (Å²) in [4.78, 5) is 0. The molecule has 0 aliphatic rings. The Labute approximate surface area is 44.3 Å². The summed E-state index contributed by atoms with van der Waals surface area (Å²) in [5, 5.41) is 8.28. The van der Waals surface area contributed by atoms with Crippen molar-refractivity contribution in [1.29, 1.82) is 0 Å². The molecule has 2 heteroatoms. The second kappa shape index (κ2) is 2.28. The van der Waals surface area contributed by atoms with Crippen LogP contribution in [0.1, 0.15) is 20.3 Å². The van der Waals surface area contributed by atoms with Crippen LogP contribution in [-0.2, 0) is 0 Å². The first-order chi connectivity index (χ1) is 3.06. The first kappa shape index (κ1) is 6.92. The topological polar surface area (TPSA) is 44.0 Å². The molecule has 0 spiro atoms. The molecule has 0 heterocycles. The Morgan fingerprint density at radius 1 is 1.57 bits per heavy atom. The number of aliphatic hydroxyl groups is 1. The summed E-state index contributed by atoms with van der Waals surface area (Å²) in [7, 11) is 0. The summed E-state index contributed by atoms with van der Waals surface area (Å²) in [6.45, 7) is 3.68. The Bertz CT molecular complexity index is 46.5. The van der Waals surface area contributed by atoms with E-state index in [0.717, 1.165) is 0 Å². The highest BCUT2D eigenvalue weighted by atomic mass is 16.3. The lowest BCUT2D eigenvalue weighted by Gasteiger charge is -2.13. The summed E-state index contributed by atoms with van der Waals surface area (Å²) in [6.07, 6.45) is 0.562. The van der Waals surface area contributed by atoms with Gasteiger partial charge in [-0.1, -0.05) is 0 Å². The molecule has 0 saturated heterocycles. The maximum atomic E-state index is 8.28. The molecule has 0 aliphatic heterocycles. The maximum absolute atomic E-state index is 8.28. The summed E-state index contributed by atoms with van der Waals surface area (Å²) in [5.41, 5.74) is 6.72. The largest absolute Gasteiger partial charge is 0.396 e. The van der Waals surface area contributed by atoms with Crippen molar-refractivity contribution in [2.75, 3.05) is 6.61 Å². The Hall–Kier alpha value is -0.0800. The number of rotatable bonds is 2. The third-order valence-corrected chi connectivity index (χ3v) is 0.737. The number of hydrogen-bond acceptors (Lipinski definition) is 1. The predicted molar refractivity (Wildman–Crippen MR) is 28.9 cm³/mol. The van der Waals surface area contributed by atoms with Crippen LogP contribution in [-0.4, -0.2) is 17.3 Å². The minimum Gasteiger partial charge on any atom is -0.396 e. The summed E-state index contributed by atoms with van der Waals surface area (Å²) in [5.74, 6) is 0. The molecule has 0 bridgehead atoms. The molecule has 0 fully saturated rings. The molecule has 0 aromatic carbocycles. The van der Waals surface area contributed by atoms with E-state index in [1.54, 1.807) is 13.8 Å². The SMILES string of the molecule is CC(C)([NH])CCO. The van der Waals surface area contributed by atoms with Gasteiger partial charge in [-0.05, 0) is 20.3 Å². The zero-order valence-electron chi connectivity index (χ0n) is 4.86. The van der Waals surface area contributed by atoms with Crippen LogP contribution < -0.4 is 5.73 Å². The normalized spacial score (nSPS) is 12.0. The van der Waals surface area contributed by atoms with Crippen molar-refractivity contribution in [2.45, 2.75) is 25.8 Å². The molecule has 0 rings (SSSR count). The lowest BCUT2D eigenvalue weighted by atomic mass is 10.0. The van der Waals surface area contributed by atoms with E-state index < -0.39 is 5.54 Å². The highest BCUT2D eigenvalue weighted by Gasteiger charge is 2.08. The molecule has 1 radical (unpaired) electrons. The highest BCUT2D eigenvalue weighted by Crippen LogP contribution is 2.02. The zero-order chi connectivity index (χ0) is 5.91. The van der Waals surface area contributed by atoms with Gasteiger partial charge in [-0.15, -0.1) is 0 Å². The lowest BCUT2D eigenvalue weighted by molar-refractivity contribution is 0.251. The highest BCUT2D eigenvalue weighted by molar-refractivity contribution is 4.68. The van der Waals surface area contributed by atoms with Crippen LogP contribution in [0.25, 0.3) is 0 Å². The van der Waals surface area contributed by atoms with E-state index >= 15 is 0 Å². The van der Waals surface area contributed by atoms with Gasteiger partial charge in [0.05, 0.1) is 0 Å². The minimum atomic E-state index is -0.450. The first-order valence-corrected chi connectivity index (χ1v) is 2.42. The van der Waals surface area contributed by atoms with Crippen molar-refractivity contribution in [3.8, 4) is 0 Å². The van der Waals surface area contributed by atoms with E-state index in [2.05, 4.69) is 0 Å².